The Bertz CT molecular complexity index is 1940. The minimum Gasteiger partial charge on any atom is -0.487 e. The van der Waals surface area contributed by atoms with Gasteiger partial charge in [-0.15, -0.1) is 0 Å². The van der Waals surface area contributed by atoms with E-state index in [0.29, 0.717) is 12.4 Å². The highest BCUT2D eigenvalue weighted by molar-refractivity contribution is 6.01. The molecular formula is C32H22FN5O. The molecule has 0 amide bonds. The van der Waals surface area contributed by atoms with Crippen LogP contribution in [0.5, 0.6) is 5.75 Å². The molecule has 0 unspecified atom stereocenters. The van der Waals surface area contributed by atoms with Crippen molar-refractivity contribution in [3.63, 3.8) is 0 Å². The first-order valence-corrected chi connectivity index (χ1v) is 12.5. The van der Waals surface area contributed by atoms with Gasteiger partial charge >= 0.3 is 0 Å². The minimum absolute atomic E-state index is 0.282. The van der Waals surface area contributed by atoms with E-state index >= 15 is 0 Å². The molecule has 39 heavy (non-hydrogen) atoms. The van der Waals surface area contributed by atoms with Crippen LogP contribution in [0.3, 0.4) is 0 Å². The number of nitrogens with zero attached hydrogens (tertiary/aromatic N) is 3. The van der Waals surface area contributed by atoms with Crippen molar-refractivity contribution in [1.29, 1.82) is 0 Å². The molecule has 0 saturated heterocycles. The number of hydrogen-bond acceptors (Lipinski definition) is 4. The standard InChI is InChI=1S/C32H22FN5O/c33-24-8-4-7-22(11-24)28-17-35-18-31-26(28)14-30(36-31)32-27-13-21(9-10-29(27)37-38-32)23-12-25(16-34-15-23)39-19-20-5-2-1-3-6-20/h1-18,36H,19H2,(H,37,38). The lowest BCUT2D eigenvalue weighted by Crippen LogP contribution is -1.95. The summed E-state index contributed by atoms with van der Waals surface area (Å²) in [5.74, 6) is 0.423. The number of aromatic nitrogens is 5. The van der Waals surface area contributed by atoms with E-state index in [0.717, 1.165) is 61.0 Å². The molecule has 0 aliphatic rings. The Labute approximate surface area is 223 Å². The number of rotatable bonds is 6. The summed E-state index contributed by atoms with van der Waals surface area (Å²) in [6, 6.07) is 26.8. The monoisotopic (exact) mass is 511 g/mol. The SMILES string of the molecule is Fc1cccc(-c2cncc3[nH]c(-c4n[nH]c5ccc(-c6cncc(OCc7ccccc7)c6)cc45)cc23)c1. The smallest absolute Gasteiger partial charge is 0.138 e. The average molecular weight is 512 g/mol. The zero-order chi connectivity index (χ0) is 26.2. The molecule has 3 aromatic carbocycles. The van der Waals surface area contributed by atoms with E-state index in [1.54, 1.807) is 24.7 Å². The second-order valence-corrected chi connectivity index (χ2v) is 9.36. The van der Waals surface area contributed by atoms with E-state index in [9.17, 15) is 4.39 Å². The topological polar surface area (TPSA) is 79.5 Å². The van der Waals surface area contributed by atoms with Crippen LogP contribution in [0.1, 0.15) is 5.56 Å². The number of benzene rings is 3. The highest BCUT2D eigenvalue weighted by Crippen LogP contribution is 2.35. The zero-order valence-corrected chi connectivity index (χ0v) is 20.7. The molecular weight excluding hydrogens is 489 g/mol. The number of aromatic amines is 2. The Morgan fingerprint density at radius 3 is 2.49 bits per heavy atom. The molecule has 2 N–H and O–H groups in total. The summed E-state index contributed by atoms with van der Waals surface area (Å²) >= 11 is 0. The van der Waals surface area contributed by atoms with Gasteiger partial charge in [0.15, 0.2) is 0 Å². The summed E-state index contributed by atoms with van der Waals surface area (Å²) in [5, 5.41) is 9.67. The summed E-state index contributed by atoms with van der Waals surface area (Å²) in [6.07, 6.45) is 7.09. The third-order valence-electron chi connectivity index (χ3n) is 6.79. The van der Waals surface area contributed by atoms with Crippen LogP contribution in [0, 0.1) is 5.82 Å². The van der Waals surface area contributed by atoms with Crippen molar-refractivity contribution in [2.75, 3.05) is 0 Å². The summed E-state index contributed by atoms with van der Waals surface area (Å²) in [5.41, 5.74) is 8.08. The van der Waals surface area contributed by atoms with Gasteiger partial charge in [-0.25, -0.2) is 4.39 Å². The maximum Gasteiger partial charge on any atom is 0.138 e. The van der Waals surface area contributed by atoms with Crippen LogP contribution in [0.15, 0.2) is 110 Å². The lowest BCUT2D eigenvalue weighted by Gasteiger charge is -2.08. The largest absolute Gasteiger partial charge is 0.487 e. The Balaban J connectivity index is 1.24. The Hall–Kier alpha value is -5.30. The number of nitrogens with one attached hydrogen (secondary N) is 2. The molecule has 0 atom stereocenters. The van der Waals surface area contributed by atoms with Crippen LogP contribution in [0.4, 0.5) is 4.39 Å². The molecule has 0 radical (unpaired) electrons. The molecule has 0 spiro atoms. The number of ether oxygens (including phenoxy) is 1. The molecule has 0 saturated carbocycles. The lowest BCUT2D eigenvalue weighted by atomic mass is 10.0. The van der Waals surface area contributed by atoms with Crippen LogP contribution in [-0.2, 0) is 6.61 Å². The Morgan fingerprint density at radius 1 is 0.692 bits per heavy atom. The van der Waals surface area contributed by atoms with Gasteiger partial charge in [-0.05, 0) is 53.1 Å². The molecule has 0 fully saturated rings. The molecule has 0 bridgehead atoms. The van der Waals surface area contributed by atoms with Gasteiger partial charge in [0.25, 0.3) is 0 Å². The van der Waals surface area contributed by atoms with Crippen LogP contribution in [-0.4, -0.2) is 25.1 Å². The molecule has 7 heteroatoms. The second kappa shape index (κ2) is 9.54. The first kappa shape index (κ1) is 22.9. The number of fused-ring (bicyclic) bond motifs is 2. The molecule has 7 aromatic rings. The summed E-state index contributed by atoms with van der Waals surface area (Å²) in [6.45, 7) is 0.476. The van der Waals surface area contributed by atoms with Crippen molar-refractivity contribution < 1.29 is 9.13 Å². The van der Waals surface area contributed by atoms with Gasteiger partial charge in [-0.2, -0.15) is 5.10 Å². The van der Waals surface area contributed by atoms with E-state index < -0.39 is 0 Å². The average Bonchev–Trinajstić information content (AvgIpc) is 3.60. The van der Waals surface area contributed by atoms with Crippen LogP contribution in [0.2, 0.25) is 0 Å². The fourth-order valence-electron chi connectivity index (χ4n) is 4.86. The van der Waals surface area contributed by atoms with Gasteiger partial charge in [-0.3, -0.25) is 15.1 Å². The minimum atomic E-state index is -0.282. The molecule has 4 aromatic heterocycles. The van der Waals surface area contributed by atoms with Gasteiger partial charge < -0.3 is 9.72 Å². The van der Waals surface area contributed by atoms with Gasteiger partial charge in [0.2, 0.25) is 0 Å². The number of halogens is 1. The van der Waals surface area contributed by atoms with Crippen molar-refractivity contribution in [2.24, 2.45) is 0 Å². The van der Waals surface area contributed by atoms with Crippen molar-refractivity contribution in [3.05, 3.63) is 121 Å². The van der Waals surface area contributed by atoms with Crippen LogP contribution in [0.25, 0.3) is 55.4 Å². The molecule has 7 rings (SSSR count). The maximum absolute atomic E-state index is 13.9. The second-order valence-electron chi connectivity index (χ2n) is 9.36. The molecule has 0 aliphatic heterocycles. The van der Waals surface area contributed by atoms with Gasteiger partial charge in [0, 0.05) is 34.3 Å². The fourth-order valence-corrected chi connectivity index (χ4v) is 4.86. The third-order valence-corrected chi connectivity index (χ3v) is 6.79. The third kappa shape index (κ3) is 4.40. The highest BCUT2D eigenvalue weighted by Gasteiger charge is 2.15. The van der Waals surface area contributed by atoms with Gasteiger partial charge in [-0.1, -0.05) is 48.5 Å². The lowest BCUT2D eigenvalue weighted by molar-refractivity contribution is 0.305. The van der Waals surface area contributed by atoms with Crippen molar-refractivity contribution in [3.8, 4) is 39.4 Å². The molecule has 0 aliphatic carbocycles. The van der Waals surface area contributed by atoms with Gasteiger partial charge in [0.05, 0.1) is 29.1 Å². The van der Waals surface area contributed by atoms with Crippen molar-refractivity contribution in [1.82, 2.24) is 25.1 Å². The van der Waals surface area contributed by atoms with Crippen LogP contribution >= 0.6 is 0 Å². The summed E-state index contributed by atoms with van der Waals surface area (Å²) < 4.78 is 19.9. The first-order valence-electron chi connectivity index (χ1n) is 12.5. The normalized spacial score (nSPS) is 11.3. The number of hydrogen-bond donors (Lipinski definition) is 2. The van der Waals surface area contributed by atoms with E-state index in [-0.39, 0.29) is 5.82 Å². The van der Waals surface area contributed by atoms with E-state index in [1.807, 2.05) is 66.9 Å². The first-order chi connectivity index (χ1) is 19.2. The highest BCUT2D eigenvalue weighted by atomic mass is 19.1. The van der Waals surface area contributed by atoms with E-state index in [1.165, 1.54) is 12.1 Å². The zero-order valence-electron chi connectivity index (χ0n) is 20.7. The van der Waals surface area contributed by atoms with E-state index in [4.69, 9.17) is 4.74 Å². The number of H-pyrrole nitrogens is 2. The predicted octanol–water partition coefficient (Wildman–Crippen LogP) is 7.55. The van der Waals surface area contributed by atoms with Crippen LogP contribution < -0.4 is 4.74 Å². The molecule has 188 valence electrons. The summed E-state index contributed by atoms with van der Waals surface area (Å²) in [4.78, 5) is 12.2. The maximum atomic E-state index is 13.9. The van der Waals surface area contributed by atoms with Gasteiger partial charge in [0.1, 0.15) is 23.9 Å². The Kier molecular flexibility index (Phi) is 5.59. The van der Waals surface area contributed by atoms with E-state index in [2.05, 4.69) is 31.2 Å². The van der Waals surface area contributed by atoms with Crippen molar-refractivity contribution in [2.45, 2.75) is 6.61 Å². The predicted molar refractivity (Wildman–Crippen MR) is 151 cm³/mol. The Morgan fingerprint density at radius 2 is 1.59 bits per heavy atom. The molecule has 4 heterocycles. The number of pyridine rings is 2. The quantitative estimate of drug-likeness (QED) is 0.242. The van der Waals surface area contributed by atoms with Crippen molar-refractivity contribution >= 4 is 21.8 Å². The fraction of sp³-hybridized carbons (Fsp3) is 0.0312. The molecule has 6 nitrogen and oxygen atoms in total. The summed E-state index contributed by atoms with van der Waals surface area (Å²) in [7, 11) is 0.